The Hall–Kier alpha value is -4.41. The van der Waals surface area contributed by atoms with Crippen LogP contribution in [0.5, 0.6) is 0 Å². The summed E-state index contributed by atoms with van der Waals surface area (Å²) in [6.45, 7) is 10.1. The lowest BCUT2D eigenvalue weighted by Crippen LogP contribution is -2.59. The Balaban J connectivity index is 1.41. The van der Waals surface area contributed by atoms with Crippen molar-refractivity contribution in [3.63, 3.8) is 0 Å². The Labute approximate surface area is 244 Å². The molecule has 2 aliphatic rings. The van der Waals surface area contributed by atoms with E-state index in [1.807, 2.05) is 32.9 Å². The number of aromatic nitrogens is 3. The minimum absolute atomic E-state index is 0.0717. The van der Waals surface area contributed by atoms with E-state index in [9.17, 15) is 19.2 Å². The van der Waals surface area contributed by atoms with Gasteiger partial charge in [0.25, 0.3) is 0 Å². The summed E-state index contributed by atoms with van der Waals surface area (Å²) >= 11 is 0. The van der Waals surface area contributed by atoms with Gasteiger partial charge in [0.2, 0.25) is 23.6 Å². The predicted octanol–water partition coefficient (Wildman–Crippen LogP) is 1.92. The van der Waals surface area contributed by atoms with Crippen LogP contribution in [-0.4, -0.2) is 62.3 Å². The summed E-state index contributed by atoms with van der Waals surface area (Å²) in [5, 5.41) is 15.3. The average molecular weight is 572 g/mol. The molecule has 11 nitrogen and oxygen atoms in total. The quantitative estimate of drug-likeness (QED) is 0.372. The molecule has 1 saturated heterocycles. The second kappa shape index (κ2) is 10.8. The molecule has 1 saturated carbocycles. The zero-order chi connectivity index (χ0) is 30.4. The average Bonchev–Trinajstić information content (AvgIpc) is 3.26. The second-order valence-electron chi connectivity index (χ2n) is 13.0. The summed E-state index contributed by atoms with van der Waals surface area (Å²) in [5.41, 5.74) is 5.93. The monoisotopic (exact) mass is 571 g/mol. The molecule has 220 valence electrons. The third-order valence-corrected chi connectivity index (χ3v) is 8.71. The molecule has 11 heteroatoms. The lowest BCUT2D eigenvalue weighted by molar-refractivity contribution is -0.146. The van der Waals surface area contributed by atoms with E-state index in [2.05, 4.69) is 39.7 Å². The first-order valence-corrected chi connectivity index (χ1v) is 14.1. The number of pyridine rings is 1. The molecule has 2 aromatic heterocycles. The predicted molar refractivity (Wildman–Crippen MR) is 155 cm³/mol. The molecule has 2 fully saturated rings. The Morgan fingerprint density at radius 1 is 1.07 bits per heavy atom. The molecule has 1 aliphatic carbocycles. The van der Waals surface area contributed by atoms with Gasteiger partial charge in [0.05, 0.1) is 12.6 Å². The number of likely N-dealkylation sites (tertiary alicyclic amines) is 1. The Kier molecular flexibility index (Phi) is 7.46. The first kappa shape index (κ1) is 29.1. The normalized spacial score (nSPS) is 22.1. The molecule has 0 spiro atoms. The number of nitrogens with two attached hydrogens (primary N) is 1. The maximum Gasteiger partial charge on any atom is 0.246 e. The third kappa shape index (κ3) is 5.43. The molecular formula is C31H37N7O4. The molecule has 1 aliphatic heterocycles. The topological polar surface area (TPSA) is 160 Å². The van der Waals surface area contributed by atoms with Crippen LogP contribution in [0.3, 0.4) is 0 Å². The van der Waals surface area contributed by atoms with Crippen LogP contribution in [0.4, 0.5) is 0 Å². The Morgan fingerprint density at radius 2 is 1.81 bits per heavy atom. The highest BCUT2D eigenvalue weighted by molar-refractivity contribution is 5.97. The lowest BCUT2D eigenvalue weighted by atomic mass is 9.85. The molecule has 4 amide bonds. The number of nitrogens with one attached hydrogen (secondary N) is 2. The fourth-order valence-corrected chi connectivity index (χ4v) is 6.29. The van der Waals surface area contributed by atoms with Crippen LogP contribution in [0.1, 0.15) is 51.9 Å². The number of carbonyl (C=O) groups excluding carboxylic acids is 4. The van der Waals surface area contributed by atoms with Gasteiger partial charge >= 0.3 is 0 Å². The molecular weight excluding hydrogens is 534 g/mol. The smallest absolute Gasteiger partial charge is 0.246 e. The summed E-state index contributed by atoms with van der Waals surface area (Å²) in [5.74, 6) is -1.94. The van der Waals surface area contributed by atoms with Crippen molar-refractivity contribution in [2.45, 2.75) is 59.2 Å². The summed E-state index contributed by atoms with van der Waals surface area (Å²) in [6, 6.07) is 7.84. The molecule has 1 aromatic carbocycles. The van der Waals surface area contributed by atoms with E-state index in [0.717, 1.165) is 10.9 Å². The van der Waals surface area contributed by atoms with Gasteiger partial charge in [0, 0.05) is 29.7 Å². The van der Waals surface area contributed by atoms with E-state index in [1.165, 1.54) is 0 Å². The van der Waals surface area contributed by atoms with Crippen LogP contribution >= 0.6 is 0 Å². The van der Waals surface area contributed by atoms with Crippen molar-refractivity contribution >= 4 is 34.4 Å². The lowest BCUT2D eigenvalue weighted by Gasteiger charge is -2.38. The van der Waals surface area contributed by atoms with Gasteiger partial charge in [-0.3, -0.25) is 24.2 Å². The number of benzene rings is 1. The first-order chi connectivity index (χ1) is 19.8. The van der Waals surface area contributed by atoms with E-state index in [4.69, 9.17) is 5.73 Å². The molecule has 5 atom stereocenters. The zero-order valence-electron chi connectivity index (χ0n) is 24.5. The second-order valence-corrected chi connectivity index (χ2v) is 13.0. The van der Waals surface area contributed by atoms with Gasteiger partial charge < -0.3 is 21.3 Å². The fourth-order valence-electron chi connectivity index (χ4n) is 6.29. The van der Waals surface area contributed by atoms with Crippen molar-refractivity contribution in [1.29, 1.82) is 0 Å². The number of nitrogens with zero attached hydrogens (tertiary/aromatic N) is 4. The van der Waals surface area contributed by atoms with Crippen molar-refractivity contribution in [2.75, 3.05) is 6.54 Å². The van der Waals surface area contributed by atoms with Crippen LogP contribution < -0.4 is 16.4 Å². The van der Waals surface area contributed by atoms with Crippen molar-refractivity contribution in [3.8, 4) is 0 Å². The van der Waals surface area contributed by atoms with Gasteiger partial charge in [-0.05, 0) is 34.3 Å². The molecule has 1 unspecified atom stereocenters. The van der Waals surface area contributed by atoms with Crippen LogP contribution in [0.25, 0.3) is 10.8 Å². The molecule has 4 N–H and O–H groups in total. The largest absolute Gasteiger partial charge is 0.368 e. The van der Waals surface area contributed by atoms with Crippen molar-refractivity contribution in [2.24, 2.45) is 28.4 Å². The van der Waals surface area contributed by atoms with E-state index >= 15 is 0 Å². The van der Waals surface area contributed by atoms with Gasteiger partial charge in [-0.2, -0.15) is 10.2 Å². The number of hydrogen-bond donors (Lipinski definition) is 3. The number of carbonyl (C=O) groups is 4. The van der Waals surface area contributed by atoms with Crippen LogP contribution in [-0.2, 0) is 25.6 Å². The first-order valence-electron chi connectivity index (χ1n) is 14.1. The number of piperidine rings is 1. The van der Waals surface area contributed by atoms with Gasteiger partial charge in [0.15, 0.2) is 6.04 Å². The minimum Gasteiger partial charge on any atom is -0.368 e. The number of primary amides is 1. The van der Waals surface area contributed by atoms with Crippen molar-refractivity contribution < 1.29 is 19.2 Å². The number of rotatable bonds is 8. The molecule has 0 bridgehead atoms. The number of fused-ring (bicyclic) bond motifs is 2. The fraction of sp³-hybridized carbons (Fsp3) is 0.452. The van der Waals surface area contributed by atoms with Crippen molar-refractivity contribution in [1.82, 2.24) is 30.7 Å². The van der Waals surface area contributed by atoms with Gasteiger partial charge in [-0.25, -0.2) is 0 Å². The Bertz CT molecular complexity index is 1530. The molecule has 3 heterocycles. The van der Waals surface area contributed by atoms with E-state index in [1.54, 1.807) is 47.8 Å². The van der Waals surface area contributed by atoms with Crippen LogP contribution in [0, 0.1) is 22.7 Å². The standard InChI is InChI=1S/C31H37N7O4/c1-30(2,3)26(35-21(39)13-17-9-8-12-33-14-17)29(42)38-16-20-22(31(20,4)5)25(38)28(41)36-24(27(32)40)23-19-11-7-6-10-18(19)15-34-37-23/h6-12,14-15,20,22,24-26H,13,16H2,1-5H3,(H2,32,40)(H,35,39)(H,36,41)/t20-,22-,24?,25-,26+/m0/s1. The molecule has 5 rings (SSSR count). The molecule has 3 aromatic rings. The molecule has 42 heavy (non-hydrogen) atoms. The summed E-state index contributed by atoms with van der Waals surface area (Å²) < 4.78 is 0. The highest BCUT2D eigenvalue weighted by Crippen LogP contribution is 2.65. The number of amides is 4. The van der Waals surface area contributed by atoms with E-state index < -0.39 is 35.4 Å². The van der Waals surface area contributed by atoms with E-state index in [0.29, 0.717) is 11.9 Å². The van der Waals surface area contributed by atoms with Gasteiger partial charge in [0.1, 0.15) is 17.8 Å². The summed E-state index contributed by atoms with van der Waals surface area (Å²) in [6.07, 6.45) is 4.88. The highest BCUT2D eigenvalue weighted by atomic mass is 16.2. The summed E-state index contributed by atoms with van der Waals surface area (Å²) in [4.78, 5) is 59.4. The molecule has 0 radical (unpaired) electrons. The minimum atomic E-state index is -1.24. The number of hydrogen-bond acceptors (Lipinski definition) is 7. The van der Waals surface area contributed by atoms with Crippen LogP contribution in [0.2, 0.25) is 0 Å². The SMILES string of the molecule is CC(C)(C)[C@H](NC(=O)Cc1cccnc1)C(=O)N1C[C@H]2[C@@H]([C@H]1C(=O)NC(C(N)=O)c1nncc3ccccc13)C2(C)C. The van der Waals surface area contributed by atoms with Crippen LogP contribution in [0.15, 0.2) is 55.0 Å². The summed E-state index contributed by atoms with van der Waals surface area (Å²) in [7, 11) is 0. The maximum absolute atomic E-state index is 14.1. The van der Waals surface area contributed by atoms with E-state index in [-0.39, 0.29) is 41.2 Å². The van der Waals surface area contributed by atoms with Crippen molar-refractivity contribution in [3.05, 3.63) is 66.2 Å². The van der Waals surface area contributed by atoms with Gasteiger partial charge in [-0.1, -0.05) is 65.0 Å². The zero-order valence-corrected chi connectivity index (χ0v) is 24.5. The third-order valence-electron chi connectivity index (χ3n) is 8.71. The Morgan fingerprint density at radius 3 is 2.48 bits per heavy atom. The highest BCUT2D eigenvalue weighted by Gasteiger charge is 2.69. The van der Waals surface area contributed by atoms with Gasteiger partial charge in [-0.15, -0.1) is 0 Å². The maximum atomic E-state index is 14.1.